The van der Waals surface area contributed by atoms with Crippen molar-refractivity contribution in [2.75, 3.05) is 0 Å². The van der Waals surface area contributed by atoms with Gasteiger partial charge in [0.1, 0.15) is 10.6 Å². The van der Waals surface area contributed by atoms with Crippen LogP contribution in [0.4, 0.5) is 0 Å². The van der Waals surface area contributed by atoms with Crippen LogP contribution in [-0.2, 0) is 20.2 Å². The lowest BCUT2D eigenvalue weighted by Crippen LogP contribution is -2.01. The number of hydrogen-bond acceptors (Lipinski definition) is 5. The Morgan fingerprint density at radius 2 is 1.47 bits per heavy atom. The predicted molar refractivity (Wildman–Crippen MR) is 65.2 cm³/mol. The van der Waals surface area contributed by atoms with E-state index in [1.165, 1.54) is 6.07 Å². The molecule has 0 bridgehead atoms. The van der Waals surface area contributed by atoms with Crippen molar-refractivity contribution in [1.29, 1.82) is 0 Å². The highest BCUT2D eigenvalue weighted by Crippen LogP contribution is 2.32. The van der Waals surface area contributed by atoms with E-state index in [1.807, 2.05) is 0 Å². The molecule has 2 rings (SSSR count). The highest BCUT2D eigenvalue weighted by molar-refractivity contribution is 7.86. The third-order valence-corrected chi connectivity index (χ3v) is 4.27. The molecule has 19 heavy (non-hydrogen) atoms. The van der Waals surface area contributed by atoms with Crippen LogP contribution >= 0.6 is 0 Å². The van der Waals surface area contributed by atoms with Gasteiger partial charge < -0.3 is 5.11 Å². The van der Waals surface area contributed by atoms with Gasteiger partial charge in [0.25, 0.3) is 20.2 Å². The molecule has 0 atom stereocenters. The highest BCUT2D eigenvalue weighted by Gasteiger charge is 2.20. The van der Waals surface area contributed by atoms with E-state index in [1.54, 1.807) is 0 Å². The Morgan fingerprint density at radius 1 is 0.842 bits per heavy atom. The van der Waals surface area contributed by atoms with Crippen molar-refractivity contribution < 1.29 is 31.0 Å². The van der Waals surface area contributed by atoms with Crippen molar-refractivity contribution in [2.45, 2.75) is 9.79 Å². The third kappa shape index (κ3) is 2.54. The zero-order chi connectivity index (χ0) is 14.4. The Kier molecular flexibility index (Phi) is 3.01. The van der Waals surface area contributed by atoms with E-state index >= 15 is 0 Å². The minimum atomic E-state index is -4.67. The summed E-state index contributed by atoms with van der Waals surface area (Å²) in [5, 5.41) is 9.53. The number of hydrogen-bond donors (Lipinski definition) is 3. The summed E-state index contributed by atoms with van der Waals surface area (Å²) in [4.78, 5) is -1.14. The van der Waals surface area contributed by atoms with Crippen LogP contribution in [0.2, 0.25) is 0 Å². The molecule has 0 amide bonds. The minimum absolute atomic E-state index is 0.0603. The van der Waals surface area contributed by atoms with Crippen LogP contribution in [0.5, 0.6) is 5.75 Å². The monoisotopic (exact) mass is 304 g/mol. The summed E-state index contributed by atoms with van der Waals surface area (Å²) < 4.78 is 62.2. The van der Waals surface area contributed by atoms with Gasteiger partial charge in [0, 0.05) is 5.39 Å². The Labute approximate surface area is 108 Å². The minimum Gasteiger partial charge on any atom is -0.506 e. The van der Waals surface area contributed by atoms with Gasteiger partial charge in [-0.1, -0.05) is 12.1 Å². The molecule has 0 spiro atoms. The van der Waals surface area contributed by atoms with Crippen LogP contribution < -0.4 is 0 Å². The molecule has 0 fully saturated rings. The fourth-order valence-electron chi connectivity index (χ4n) is 1.70. The first-order valence-corrected chi connectivity index (χ1v) is 7.69. The van der Waals surface area contributed by atoms with Gasteiger partial charge in [0.15, 0.2) is 0 Å². The van der Waals surface area contributed by atoms with Crippen LogP contribution in [0, 0.1) is 0 Å². The van der Waals surface area contributed by atoms with E-state index in [-0.39, 0.29) is 10.8 Å². The SMILES string of the molecule is O=S(=O)(O)c1ccc2c(S(=O)(=O)O)c(O)ccc2c1. The van der Waals surface area contributed by atoms with E-state index in [9.17, 15) is 21.9 Å². The molecule has 0 saturated heterocycles. The highest BCUT2D eigenvalue weighted by atomic mass is 32.2. The van der Waals surface area contributed by atoms with Crippen molar-refractivity contribution in [3.8, 4) is 5.75 Å². The first-order chi connectivity index (χ1) is 8.60. The largest absolute Gasteiger partial charge is 0.506 e. The van der Waals surface area contributed by atoms with Gasteiger partial charge in [-0.3, -0.25) is 9.11 Å². The molecule has 0 saturated carbocycles. The average molecular weight is 304 g/mol. The molecule has 0 aliphatic heterocycles. The molecule has 102 valence electrons. The zero-order valence-electron chi connectivity index (χ0n) is 9.18. The van der Waals surface area contributed by atoms with Gasteiger partial charge in [0.2, 0.25) is 0 Å². The second kappa shape index (κ2) is 4.17. The first-order valence-electron chi connectivity index (χ1n) is 4.81. The molecular weight excluding hydrogens is 296 g/mol. The van der Waals surface area contributed by atoms with Crippen LogP contribution in [0.3, 0.4) is 0 Å². The van der Waals surface area contributed by atoms with Gasteiger partial charge in [-0.25, -0.2) is 0 Å². The number of phenolic OH excluding ortho intramolecular Hbond substituents is 1. The van der Waals surface area contributed by atoms with Crippen molar-refractivity contribution >= 4 is 31.0 Å². The van der Waals surface area contributed by atoms with Crippen LogP contribution in [-0.4, -0.2) is 31.0 Å². The number of rotatable bonds is 2. The molecule has 2 aromatic carbocycles. The first kappa shape index (κ1) is 13.7. The summed E-state index contributed by atoms with van der Waals surface area (Å²) in [5.41, 5.74) is 0. The molecule has 7 nitrogen and oxygen atoms in total. The van der Waals surface area contributed by atoms with Crippen molar-refractivity contribution in [1.82, 2.24) is 0 Å². The summed E-state index contributed by atoms with van der Waals surface area (Å²) in [6.45, 7) is 0. The number of benzene rings is 2. The standard InChI is InChI=1S/C10H8O7S2/c11-9-4-1-6-5-7(18(12,13)14)2-3-8(6)10(9)19(15,16)17/h1-5,11H,(H,12,13,14)(H,15,16,17). The van der Waals surface area contributed by atoms with Gasteiger partial charge in [-0.05, 0) is 23.6 Å². The summed E-state index contributed by atoms with van der Waals surface area (Å²) in [6.07, 6.45) is 0. The maximum Gasteiger partial charge on any atom is 0.298 e. The average Bonchev–Trinajstić information content (AvgIpc) is 2.25. The molecule has 2 aromatic rings. The lowest BCUT2D eigenvalue weighted by molar-refractivity contribution is 0.445. The Balaban J connectivity index is 2.91. The van der Waals surface area contributed by atoms with Gasteiger partial charge in [0.05, 0.1) is 4.90 Å². The quantitative estimate of drug-likeness (QED) is 0.707. The second-order valence-corrected chi connectivity index (χ2v) is 6.53. The normalized spacial score (nSPS) is 12.7. The van der Waals surface area contributed by atoms with E-state index in [4.69, 9.17) is 9.11 Å². The second-order valence-electron chi connectivity index (χ2n) is 3.75. The van der Waals surface area contributed by atoms with E-state index < -0.39 is 35.8 Å². The number of phenols is 1. The maximum atomic E-state index is 11.2. The summed E-state index contributed by atoms with van der Waals surface area (Å²) in [7, 11) is -9.10. The van der Waals surface area contributed by atoms with Crippen LogP contribution in [0.25, 0.3) is 10.8 Å². The fraction of sp³-hybridized carbons (Fsp3) is 0. The van der Waals surface area contributed by atoms with Crippen molar-refractivity contribution in [3.63, 3.8) is 0 Å². The topological polar surface area (TPSA) is 129 Å². The van der Waals surface area contributed by atoms with Gasteiger partial charge in [-0.15, -0.1) is 0 Å². The van der Waals surface area contributed by atoms with Crippen molar-refractivity contribution in [3.05, 3.63) is 30.3 Å². The Morgan fingerprint density at radius 3 is 2.00 bits per heavy atom. The molecule has 0 unspecified atom stereocenters. The molecule has 0 aliphatic rings. The van der Waals surface area contributed by atoms with Crippen LogP contribution in [0.15, 0.2) is 40.1 Å². The Bertz CT molecular complexity index is 866. The lowest BCUT2D eigenvalue weighted by Gasteiger charge is -2.07. The fourth-order valence-corrected chi connectivity index (χ4v) is 3.01. The number of fused-ring (bicyclic) bond motifs is 1. The van der Waals surface area contributed by atoms with E-state index in [0.29, 0.717) is 0 Å². The van der Waals surface area contributed by atoms with Gasteiger partial charge >= 0.3 is 0 Å². The van der Waals surface area contributed by atoms with E-state index in [0.717, 1.165) is 24.3 Å². The smallest absolute Gasteiger partial charge is 0.298 e. The number of aromatic hydroxyl groups is 1. The van der Waals surface area contributed by atoms with Crippen LogP contribution in [0.1, 0.15) is 0 Å². The summed E-state index contributed by atoms with van der Waals surface area (Å²) in [5.74, 6) is -0.658. The summed E-state index contributed by atoms with van der Waals surface area (Å²) in [6, 6.07) is 5.32. The molecular formula is C10H8O7S2. The molecule has 0 aliphatic carbocycles. The van der Waals surface area contributed by atoms with Gasteiger partial charge in [-0.2, -0.15) is 16.8 Å². The lowest BCUT2D eigenvalue weighted by atomic mass is 10.1. The van der Waals surface area contributed by atoms with Crippen molar-refractivity contribution in [2.24, 2.45) is 0 Å². The third-order valence-electron chi connectivity index (χ3n) is 2.48. The zero-order valence-corrected chi connectivity index (χ0v) is 10.8. The van der Waals surface area contributed by atoms with E-state index in [2.05, 4.69) is 0 Å². The molecule has 0 radical (unpaired) electrons. The molecule has 0 aromatic heterocycles. The maximum absolute atomic E-state index is 11.2. The molecule has 9 heteroatoms. The molecule has 0 heterocycles. The summed E-state index contributed by atoms with van der Waals surface area (Å²) >= 11 is 0. The predicted octanol–water partition coefficient (Wildman–Crippen LogP) is 1.04. The molecule has 3 N–H and O–H groups in total. The Hall–Kier alpha value is -1.68.